The highest BCUT2D eigenvalue weighted by atomic mass is 19.1. The predicted octanol–water partition coefficient (Wildman–Crippen LogP) is 3.09. The summed E-state index contributed by atoms with van der Waals surface area (Å²) in [7, 11) is 0. The third-order valence-electron chi connectivity index (χ3n) is 2.82. The van der Waals surface area contributed by atoms with Crippen molar-refractivity contribution in [2.75, 3.05) is 0 Å². The van der Waals surface area contributed by atoms with Gasteiger partial charge in [-0.25, -0.2) is 8.78 Å². The number of benzene rings is 2. The van der Waals surface area contributed by atoms with Crippen molar-refractivity contribution in [1.82, 2.24) is 10.1 Å². The number of halogens is 2. The van der Waals surface area contributed by atoms with Gasteiger partial charge in [0.05, 0.1) is 5.56 Å². The number of aromatic nitrogens is 2. The van der Waals surface area contributed by atoms with Crippen LogP contribution in [0.3, 0.4) is 0 Å². The van der Waals surface area contributed by atoms with Crippen LogP contribution < -0.4 is 0 Å². The molecule has 0 fully saturated rings. The molecule has 3 rings (SSSR count). The lowest BCUT2D eigenvalue weighted by Crippen LogP contribution is -1.84. The van der Waals surface area contributed by atoms with E-state index < -0.39 is 17.4 Å². The molecule has 0 unspecified atom stereocenters. The smallest absolute Gasteiger partial charge is 0.262 e. The van der Waals surface area contributed by atoms with E-state index in [1.165, 1.54) is 12.1 Å². The molecule has 5 nitrogen and oxygen atoms in total. The van der Waals surface area contributed by atoms with E-state index in [4.69, 9.17) is 9.63 Å². The average Bonchev–Trinajstić information content (AvgIpc) is 2.91. The van der Waals surface area contributed by atoms with E-state index in [0.29, 0.717) is 5.56 Å². The zero-order valence-corrected chi connectivity index (χ0v) is 10.4. The molecule has 0 aliphatic carbocycles. The van der Waals surface area contributed by atoms with Gasteiger partial charge in [0.15, 0.2) is 11.6 Å². The van der Waals surface area contributed by atoms with E-state index in [9.17, 15) is 13.9 Å². The summed E-state index contributed by atoms with van der Waals surface area (Å²) in [6.45, 7) is 0. The van der Waals surface area contributed by atoms with Crippen LogP contribution in [0.25, 0.3) is 22.8 Å². The summed E-state index contributed by atoms with van der Waals surface area (Å²) >= 11 is 0. The Labute approximate surface area is 117 Å². The van der Waals surface area contributed by atoms with Crippen molar-refractivity contribution in [3.8, 4) is 34.3 Å². The van der Waals surface area contributed by atoms with Crippen LogP contribution >= 0.6 is 0 Å². The largest absolute Gasteiger partial charge is 0.507 e. The topological polar surface area (TPSA) is 79.4 Å². The van der Waals surface area contributed by atoms with Crippen molar-refractivity contribution >= 4 is 0 Å². The number of phenolic OH excluding ortho intramolecular Hbond substituents is 2. The maximum absolute atomic E-state index is 13.3. The Morgan fingerprint density at radius 2 is 1.76 bits per heavy atom. The van der Waals surface area contributed by atoms with Gasteiger partial charge in [0.25, 0.3) is 5.89 Å². The van der Waals surface area contributed by atoms with Gasteiger partial charge in [0, 0.05) is 11.6 Å². The lowest BCUT2D eigenvalue weighted by Gasteiger charge is -1.98. The molecule has 0 aliphatic heterocycles. The predicted molar refractivity (Wildman–Crippen MR) is 68.4 cm³/mol. The molecule has 0 bridgehead atoms. The van der Waals surface area contributed by atoms with Gasteiger partial charge >= 0.3 is 0 Å². The second-order valence-corrected chi connectivity index (χ2v) is 4.25. The van der Waals surface area contributed by atoms with Crippen LogP contribution in [-0.2, 0) is 0 Å². The summed E-state index contributed by atoms with van der Waals surface area (Å²) in [5.74, 6) is -2.20. The van der Waals surface area contributed by atoms with Crippen molar-refractivity contribution in [3.05, 3.63) is 48.0 Å². The first-order valence-electron chi connectivity index (χ1n) is 5.86. The Kier molecular flexibility index (Phi) is 3.02. The first-order chi connectivity index (χ1) is 10.0. The maximum atomic E-state index is 13.3. The minimum absolute atomic E-state index is 0.0315. The van der Waals surface area contributed by atoms with Crippen LogP contribution in [-0.4, -0.2) is 20.4 Å². The van der Waals surface area contributed by atoms with E-state index in [-0.39, 0.29) is 23.0 Å². The third-order valence-corrected chi connectivity index (χ3v) is 2.82. The summed E-state index contributed by atoms with van der Waals surface area (Å²) in [4.78, 5) is 4.00. The van der Waals surface area contributed by atoms with Gasteiger partial charge in [-0.3, -0.25) is 0 Å². The van der Waals surface area contributed by atoms with Crippen molar-refractivity contribution in [3.63, 3.8) is 0 Å². The maximum Gasteiger partial charge on any atom is 0.262 e. The van der Waals surface area contributed by atoms with E-state index in [1.54, 1.807) is 0 Å². The molecule has 21 heavy (non-hydrogen) atoms. The number of hydrogen-bond acceptors (Lipinski definition) is 5. The molecule has 0 saturated heterocycles. The monoisotopic (exact) mass is 290 g/mol. The number of aromatic hydroxyl groups is 2. The van der Waals surface area contributed by atoms with Crippen molar-refractivity contribution in [1.29, 1.82) is 0 Å². The van der Waals surface area contributed by atoms with Crippen molar-refractivity contribution in [2.45, 2.75) is 0 Å². The molecule has 0 amide bonds. The Morgan fingerprint density at radius 3 is 2.48 bits per heavy atom. The number of nitrogens with zero attached hydrogens (tertiary/aromatic N) is 2. The van der Waals surface area contributed by atoms with Crippen LogP contribution in [0, 0.1) is 11.6 Å². The number of hydrogen-bond donors (Lipinski definition) is 2. The Hall–Kier alpha value is -2.96. The molecule has 2 N–H and O–H groups in total. The second kappa shape index (κ2) is 4.86. The minimum Gasteiger partial charge on any atom is -0.507 e. The van der Waals surface area contributed by atoms with Crippen LogP contribution in [0.2, 0.25) is 0 Å². The summed E-state index contributed by atoms with van der Waals surface area (Å²) < 4.78 is 31.2. The number of rotatable bonds is 2. The van der Waals surface area contributed by atoms with Crippen LogP contribution in [0.4, 0.5) is 8.78 Å². The van der Waals surface area contributed by atoms with Crippen LogP contribution in [0.15, 0.2) is 40.9 Å². The molecule has 2 aromatic carbocycles. The second-order valence-electron chi connectivity index (χ2n) is 4.25. The normalized spacial score (nSPS) is 10.8. The molecule has 0 radical (unpaired) electrons. The standard InChI is InChI=1S/C14H8F2N2O3/c15-8-2-3-9(12(20)6-8)14-17-13(18-21-14)7-1-4-11(19)10(16)5-7/h1-6,19-20H. The van der Waals surface area contributed by atoms with E-state index in [1.807, 2.05) is 0 Å². The lowest BCUT2D eigenvalue weighted by atomic mass is 10.2. The van der Waals surface area contributed by atoms with Crippen LogP contribution in [0.5, 0.6) is 11.5 Å². The Morgan fingerprint density at radius 1 is 0.952 bits per heavy atom. The van der Waals surface area contributed by atoms with Gasteiger partial charge in [0.2, 0.25) is 5.82 Å². The van der Waals surface area contributed by atoms with Crippen molar-refractivity contribution < 1.29 is 23.5 Å². The van der Waals surface area contributed by atoms with E-state index in [0.717, 1.165) is 24.3 Å². The number of phenols is 2. The van der Waals surface area contributed by atoms with Gasteiger partial charge in [-0.1, -0.05) is 5.16 Å². The lowest BCUT2D eigenvalue weighted by molar-refractivity contribution is 0.424. The third kappa shape index (κ3) is 2.40. The summed E-state index contributed by atoms with van der Waals surface area (Å²) in [6.07, 6.45) is 0. The first kappa shape index (κ1) is 13.0. The Bertz CT molecular complexity index is 818. The highest BCUT2D eigenvalue weighted by Gasteiger charge is 2.15. The summed E-state index contributed by atoms with van der Waals surface area (Å²) in [5.41, 5.74) is 0.455. The molecule has 0 saturated carbocycles. The summed E-state index contributed by atoms with van der Waals surface area (Å²) in [5, 5.41) is 22.4. The zero-order valence-electron chi connectivity index (χ0n) is 10.4. The molecule has 0 aliphatic rings. The molecule has 106 valence electrons. The molecule has 1 aromatic heterocycles. The quantitative estimate of drug-likeness (QED) is 0.758. The molecule has 1 heterocycles. The fraction of sp³-hybridized carbons (Fsp3) is 0. The van der Waals surface area contributed by atoms with E-state index in [2.05, 4.69) is 10.1 Å². The van der Waals surface area contributed by atoms with E-state index >= 15 is 0 Å². The fourth-order valence-corrected chi connectivity index (χ4v) is 1.78. The molecule has 3 aromatic rings. The Balaban J connectivity index is 2.01. The highest BCUT2D eigenvalue weighted by molar-refractivity contribution is 5.65. The van der Waals surface area contributed by atoms with Gasteiger partial charge in [-0.15, -0.1) is 0 Å². The van der Waals surface area contributed by atoms with Gasteiger partial charge in [-0.2, -0.15) is 4.98 Å². The zero-order chi connectivity index (χ0) is 15.0. The van der Waals surface area contributed by atoms with Crippen molar-refractivity contribution in [2.24, 2.45) is 0 Å². The van der Waals surface area contributed by atoms with Gasteiger partial charge in [0.1, 0.15) is 11.6 Å². The SMILES string of the molecule is Oc1ccc(-c2noc(-c3ccc(F)cc3O)n2)cc1F. The minimum atomic E-state index is -0.816. The first-order valence-corrected chi connectivity index (χ1v) is 5.86. The highest BCUT2D eigenvalue weighted by Crippen LogP contribution is 2.30. The molecule has 0 spiro atoms. The molecule has 7 heteroatoms. The van der Waals surface area contributed by atoms with Gasteiger partial charge < -0.3 is 14.7 Å². The molecular weight excluding hydrogens is 282 g/mol. The fourth-order valence-electron chi connectivity index (χ4n) is 1.78. The van der Waals surface area contributed by atoms with Crippen LogP contribution in [0.1, 0.15) is 0 Å². The average molecular weight is 290 g/mol. The summed E-state index contributed by atoms with van der Waals surface area (Å²) in [6, 6.07) is 6.97. The van der Waals surface area contributed by atoms with Gasteiger partial charge in [-0.05, 0) is 30.3 Å². The molecular formula is C14H8F2N2O3. The molecule has 0 atom stereocenters.